The van der Waals surface area contributed by atoms with Crippen molar-refractivity contribution in [2.24, 2.45) is 5.10 Å². The van der Waals surface area contributed by atoms with Crippen LogP contribution in [-0.4, -0.2) is 21.5 Å². The molecule has 2 aromatic heterocycles. The molecule has 0 saturated heterocycles. The van der Waals surface area contributed by atoms with Crippen molar-refractivity contribution in [2.45, 2.75) is 6.42 Å². The number of aromatic nitrogens is 2. The molecular weight excluding hydrogens is 343 g/mol. The van der Waals surface area contributed by atoms with E-state index in [9.17, 15) is 4.79 Å². The Hall–Kier alpha value is -1.89. The summed E-state index contributed by atoms with van der Waals surface area (Å²) in [7, 11) is 0. The van der Waals surface area contributed by atoms with E-state index in [2.05, 4.69) is 15.5 Å². The summed E-state index contributed by atoms with van der Waals surface area (Å²) in [6, 6.07) is 5.15. The number of fused-ring (bicyclic) bond motifs is 1. The second-order valence-electron chi connectivity index (χ2n) is 4.43. The molecule has 1 N–H and O–H groups in total. The maximum atomic E-state index is 11.8. The van der Waals surface area contributed by atoms with Crippen molar-refractivity contribution in [2.75, 3.05) is 0 Å². The molecule has 0 aliphatic heterocycles. The molecule has 8 heteroatoms. The molecule has 2 heterocycles. The molecule has 112 valence electrons. The van der Waals surface area contributed by atoms with E-state index < -0.39 is 0 Å². The van der Waals surface area contributed by atoms with Gasteiger partial charge < -0.3 is 0 Å². The summed E-state index contributed by atoms with van der Waals surface area (Å²) in [5.41, 5.74) is 3.69. The molecule has 3 aromatic rings. The lowest BCUT2D eigenvalue weighted by molar-refractivity contribution is -0.120. The Bertz CT molecular complexity index is 807. The van der Waals surface area contributed by atoms with Crippen LogP contribution in [0.3, 0.4) is 0 Å². The Morgan fingerprint density at radius 3 is 2.91 bits per heavy atom. The summed E-state index contributed by atoms with van der Waals surface area (Å²) < 4.78 is 1.88. The van der Waals surface area contributed by atoms with Crippen LogP contribution < -0.4 is 5.43 Å². The summed E-state index contributed by atoms with van der Waals surface area (Å²) in [5.74, 6) is -0.259. The summed E-state index contributed by atoms with van der Waals surface area (Å²) in [4.78, 5) is 17.0. The zero-order valence-corrected chi connectivity index (χ0v) is 13.5. The molecule has 0 bridgehead atoms. The van der Waals surface area contributed by atoms with Gasteiger partial charge in [-0.2, -0.15) is 5.10 Å². The number of halogens is 2. The zero-order chi connectivity index (χ0) is 15.5. The smallest absolute Gasteiger partial charge is 0.246 e. The van der Waals surface area contributed by atoms with Crippen LogP contribution in [0.15, 0.2) is 41.1 Å². The second-order valence-corrected chi connectivity index (χ2v) is 6.12. The fourth-order valence-corrected chi connectivity index (χ4v) is 3.08. The van der Waals surface area contributed by atoms with Crippen LogP contribution in [0.25, 0.3) is 4.96 Å². The van der Waals surface area contributed by atoms with Gasteiger partial charge in [-0.05, 0) is 12.1 Å². The van der Waals surface area contributed by atoms with Crippen LogP contribution in [0.1, 0.15) is 11.3 Å². The van der Waals surface area contributed by atoms with Gasteiger partial charge in [0, 0.05) is 23.3 Å². The maximum absolute atomic E-state index is 11.8. The van der Waals surface area contributed by atoms with E-state index in [0.29, 0.717) is 21.3 Å². The first-order valence-electron chi connectivity index (χ1n) is 6.30. The highest BCUT2D eigenvalue weighted by molar-refractivity contribution is 7.15. The number of imidazole rings is 1. The van der Waals surface area contributed by atoms with Gasteiger partial charge in [0.15, 0.2) is 4.96 Å². The van der Waals surface area contributed by atoms with Crippen molar-refractivity contribution < 1.29 is 4.79 Å². The molecule has 0 unspecified atom stereocenters. The number of amides is 1. The summed E-state index contributed by atoms with van der Waals surface area (Å²) in [6.45, 7) is 0. The molecule has 3 rings (SSSR count). The van der Waals surface area contributed by atoms with Crippen molar-refractivity contribution in [1.29, 1.82) is 0 Å². The average Bonchev–Trinajstić information content (AvgIpc) is 3.03. The number of hydrazone groups is 1. The number of carbonyl (C=O) groups excluding carboxylic acids is 1. The molecule has 0 spiro atoms. The van der Waals surface area contributed by atoms with Crippen molar-refractivity contribution in [3.63, 3.8) is 0 Å². The van der Waals surface area contributed by atoms with Crippen molar-refractivity contribution >= 4 is 51.6 Å². The SMILES string of the molecule is O=C(Cc1cn2ccsc2n1)NN=Cc1c(Cl)cccc1Cl. The molecule has 0 radical (unpaired) electrons. The zero-order valence-electron chi connectivity index (χ0n) is 11.2. The molecule has 0 saturated carbocycles. The average molecular weight is 353 g/mol. The highest BCUT2D eigenvalue weighted by atomic mass is 35.5. The molecule has 5 nitrogen and oxygen atoms in total. The lowest BCUT2D eigenvalue weighted by atomic mass is 10.2. The lowest BCUT2D eigenvalue weighted by Gasteiger charge is -2.01. The third-order valence-electron chi connectivity index (χ3n) is 2.87. The Balaban J connectivity index is 1.62. The molecule has 0 aliphatic rings. The van der Waals surface area contributed by atoms with Crippen LogP contribution >= 0.6 is 34.5 Å². The third kappa shape index (κ3) is 3.30. The van der Waals surface area contributed by atoms with E-state index in [-0.39, 0.29) is 12.3 Å². The minimum atomic E-state index is -0.259. The molecule has 0 fully saturated rings. The highest BCUT2D eigenvalue weighted by Crippen LogP contribution is 2.22. The predicted molar refractivity (Wildman–Crippen MR) is 89.0 cm³/mol. The Kier molecular flexibility index (Phi) is 4.42. The van der Waals surface area contributed by atoms with Gasteiger partial charge in [-0.1, -0.05) is 29.3 Å². The number of hydrogen-bond acceptors (Lipinski definition) is 4. The number of nitrogens with zero attached hydrogens (tertiary/aromatic N) is 3. The van der Waals surface area contributed by atoms with E-state index in [1.54, 1.807) is 18.2 Å². The van der Waals surface area contributed by atoms with Gasteiger partial charge in [-0.3, -0.25) is 9.20 Å². The van der Waals surface area contributed by atoms with Gasteiger partial charge in [0.05, 0.1) is 28.4 Å². The normalized spacial score (nSPS) is 11.4. The molecule has 0 aliphatic carbocycles. The van der Waals surface area contributed by atoms with Crippen LogP contribution in [-0.2, 0) is 11.2 Å². The minimum absolute atomic E-state index is 0.155. The van der Waals surface area contributed by atoms with E-state index in [1.165, 1.54) is 17.6 Å². The largest absolute Gasteiger partial charge is 0.297 e. The Morgan fingerprint density at radius 1 is 1.41 bits per heavy atom. The van der Waals surface area contributed by atoms with Crippen LogP contribution in [0, 0.1) is 0 Å². The van der Waals surface area contributed by atoms with E-state index in [0.717, 1.165) is 4.96 Å². The number of nitrogens with one attached hydrogen (secondary N) is 1. The molecule has 0 atom stereocenters. The van der Waals surface area contributed by atoms with Gasteiger partial charge >= 0.3 is 0 Å². The number of hydrogen-bond donors (Lipinski definition) is 1. The molecule has 1 aromatic carbocycles. The minimum Gasteiger partial charge on any atom is -0.297 e. The number of rotatable bonds is 4. The number of benzene rings is 1. The summed E-state index contributed by atoms with van der Waals surface area (Å²) >= 11 is 13.5. The standard InChI is InChI=1S/C14H10Cl2N4OS/c15-11-2-1-3-12(16)10(11)7-17-19-13(21)6-9-8-20-4-5-22-14(20)18-9/h1-5,7-8H,6H2,(H,19,21). The van der Waals surface area contributed by atoms with Crippen LogP contribution in [0.5, 0.6) is 0 Å². The third-order valence-corrected chi connectivity index (χ3v) is 4.30. The Morgan fingerprint density at radius 2 is 2.18 bits per heavy atom. The quantitative estimate of drug-likeness (QED) is 0.577. The second kappa shape index (κ2) is 6.48. The van der Waals surface area contributed by atoms with Crippen LogP contribution in [0.2, 0.25) is 10.0 Å². The molecular formula is C14H10Cl2N4OS. The fraction of sp³-hybridized carbons (Fsp3) is 0.0714. The first-order chi connectivity index (χ1) is 10.6. The van der Waals surface area contributed by atoms with Gasteiger partial charge in [-0.25, -0.2) is 10.4 Å². The van der Waals surface area contributed by atoms with Gasteiger partial charge in [0.1, 0.15) is 0 Å². The Labute approximate surface area is 140 Å². The maximum Gasteiger partial charge on any atom is 0.246 e. The number of thiazole rings is 1. The van der Waals surface area contributed by atoms with Crippen molar-refractivity contribution in [1.82, 2.24) is 14.8 Å². The van der Waals surface area contributed by atoms with E-state index in [1.807, 2.05) is 22.2 Å². The molecule has 22 heavy (non-hydrogen) atoms. The van der Waals surface area contributed by atoms with Crippen molar-refractivity contribution in [3.05, 3.63) is 57.3 Å². The van der Waals surface area contributed by atoms with Gasteiger partial charge in [-0.15, -0.1) is 11.3 Å². The lowest BCUT2D eigenvalue weighted by Crippen LogP contribution is -2.20. The highest BCUT2D eigenvalue weighted by Gasteiger charge is 2.08. The first-order valence-corrected chi connectivity index (χ1v) is 7.94. The van der Waals surface area contributed by atoms with Gasteiger partial charge in [0.2, 0.25) is 5.91 Å². The monoisotopic (exact) mass is 352 g/mol. The first kappa shape index (κ1) is 15.0. The fourth-order valence-electron chi connectivity index (χ4n) is 1.87. The summed E-state index contributed by atoms with van der Waals surface area (Å²) in [6.07, 6.45) is 5.29. The van der Waals surface area contributed by atoms with Gasteiger partial charge in [0.25, 0.3) is 0 Å². The number of carbonyl (C=O) groups is 1. The predicted octanol–water partition coefficient (Wildman–Crippen LogP) is 3.40. The van der Waals surface area contributed by atoms with E-state index in [4.69, 9.17) is 23.2 Å². The van der Waals surface area contributed by atoms with Crippen molar-refractivity contribution in [3.8, 4) is 0 Å². The summed E-state index contributed by atoms with van der Waals surface area (Å²) in [5, 5.41) is 6.75. The van der Waals surface area contributed by atoms with E-state index >= 15 is 0 Å². The van der Waals surface area contributed by atoms with Crippen LogP contribution in [0.4, 0.5) is 0 Å². The topological polar surface area (TPSA) is 58.8 Å². The molecule has 1 amide bonds.